The third-order valence-electron chi connectivity index (χ3n) is 3.26. The van der Waals surface area contributed by atoms with Gasteiger partial charge in [-0.05, 0) is 19.1 Å². The van der Waals surface area contributed by atoms with Crippen molar-refractivity contribution in [3.05, 3.63) is 39.9 Å². The molecule has 0 aliphatic rings. The van der Waals surface area contributed by atoms with Crippen LogP contribution in [0.3, 0.4) is 0 Å². The Balaban J connectivity index is 2.27. The standard InChI is InChI=1S/C16H17ClN2O4S/c1-10-14(16(22)19(7-8-23-2)9-13(20)21)24-15(18-10)11-3-5-12(17)6-4-11/h3-6H,7-9H2,1-2H3,(H,20,21). The highest BCUT2D eigenvalue weighted by Crippen LogP contribution is 2.29. The summed E-state index contributed by atoms with van der Waals surface area (Å²) in [6.45, 7) is 1.82. The number of nitrogens with zero attached hydrogens (tertiary/aromatic N) is 2. The summed E-state index contributed by atoms with van der Waals surface area (Å²) in [5.41, 5.74) is 1.43. The van der Waals surface area contributed by atoms with E-state index in [2.05, 4.69) is 4.98 Å². The van der Waals surface area contributed by atoms with Gasteiger partial charge in [-0.3, -0.25) is 9.59 Å². The zero-order valence-electron chi connectivity index (χ0n) is 13.3. The van der Waals surface area contributed by atoms with Crippen molar-refractivity contribution >= 4 is 34.8 Å². The van der Waals surface area contributed by atoms with E-state index in [-0.39, 0.29) is 25.6 Å². The number of rotatable bonds is 7. The maximum absolute atomic E-state index is 12.7. The number of carbonyl (C=O) groups excluding carboxylic acids is 1. The number of hydrogen-bond acceptors (Lipinski definition) is 5. The van der Waals surface area contributed by atoms with E-state index in [9.17, 15) is 9.59 Å². The third kappa shape index (κ3) is 4.53. The van der Waals surface area contributed by atoms with Crippen LogP contribution in [0.4, 0.5) is 0 Å². The lowest BCUT2D eigenvalue weighted by atomic mass is 10.2. The van der Waals surface area contributed by atoms with Gasteiger partial charge in [-0.25, -0.2) is 4.98 Å². The van der Waals surface area contributed by atoms with E-state index in [1.54, 1.807) is 19.1 Å². The van der Waals surface area contributed by atoms with Gasteiger partial charge < -0.3 is 14.7 Å². The number of carboxylic acids is 1. The van der Waals surface area contributed by atoms with E-state index in [1.807, 2.05) is 12.1 Å². The molecular weight excluding hydrogens is 352 g/mol. The minimum absolute atomic E-state index is 0.204. The third-order valence-corrected chi connectivity index (χ3v) is 4.71. The second-order valence-electron chi connectivity index (χ2n) is 5.05. The molecule has 1 amide bonds. The number of aliphatic carboxylic acids is 1. The molecule has 1 heterocycles. The smallest absolute Gasteiger partial charge is 0.323 e. The molecule has 0 bridgehead atoms. The van der Waals surface area contributed by atoms with Gasteiger partial charge in [-0.2, -0.15) is 0 Å². The summed E-state index contributed by atoms with van der Waals surface area (Å²) in [5, 5.41) is 10.3. The van der Waals surface area contributed by atoms with E-state index in [0.29, 0.717) is 20.6 Å². The van der Waals surface area contributed by atoms with Crippen molar-refractivity contribution in [3.63, 3.8) is 0 Å². The highest BCUT2D eigenvalue weighted by molar-refractivity contribution is 7.17. The predicted molar refractivity (Wildman–Crippen MR) is 92.7 cm³/mol. The van der Waals surface area contributed by atoms with Crippen LogP contribution < -0.4 is 0 Å². The first kappa shape index (κ1) is 18.4. The first-order chi connectivity index (χ1) is 11.4. The highest BCUT2D eigenvalue weighted by atomic mass is 35.5. The number of thiazole rings is 1. The summed E-state index contributed by atoms with van der Waals surface area (Å²) in [5.74, 6) is -1.43. The highest BCUT2D eigenvalue weighted by Gasteiger charge is 2.23. The molecule has 1 N–H and O–H groups in total. The Bertz CT molecular complexity index is 730. The van der Waals surface area contributed by atoms with Crippen LogP contribution in [0.25, 0.3) is 10.6 Å². The number of aryl methyl sites for hydroxylation is 1. The van der Waals surface area contributed by atoms with Crippen LogP contribution in [0.1, 0.15) is 15.4 Å². The summed E-state index contributed by atoms with van der Waals surface area (Å²) in [6.07, 6.45) is 0. The summed E-state index contributed by atoms with van der Waals surface area (Å²) in [6, 6.07) is 7.17. The van der Waals surface area contributed by atoms with Gasteiger partial charge in [0.1, 0.15) is 16.4 Å². The molecule has 0 saturated heterocycles. The number of benzene rings is 1. The van der Waals surface area contributed by atoms with Crippen LogP contribution >= 0.6 is 22.9 Å². The predicted octanol–water partition coefficient (Wildman–Crippen LogP) is 2.95. The van der Waals surface area contributed by atoms with Crippen molar-refractivity contribution in [1.29, 1.82) is 0 Å². The molecule has 2 rings (SSSR count). The molecule has 0 fully saturated rings. The first-order valence-electron chi connectivity index (χ1n) is 7.15. The molecule has 1 aromatic carbocycles. The number of halogens is 1. The summed E-state index contributed by atoms with van der Waals surface area (Å²) in [7, 11) is 1.50. The SMILES string of the molecule is COCCN(CC(=O)O)C(=O)c1sc(-c2ccc(Cl)cc2)nc1C. The zero-order valence-corrected chi connectivity index (χ0v) is 14.9. The molecule has 1 aromatic heterocycles. The van der Waals surface area contributed by atoms with Gasteiger partial charge in [-0.15, -0.1) is 11.3 Å². The number of carbonyl (C=O) groups is 2. The average molecular weight is 369 g/mol. The molecule has 128 valence electrons. The Kier molecular flexibility index (Phi) is 6.30. The summed E-state index contributed by atoms with van der Waals surface area (Å²) < 4.78 is 4.94. The largest absolute Gasteiger partial charge is 0.480 e. The molecule has 0 unspecified atom stereocenters. The van der Waals surface area contributed by atoms with Crippen LogP contribution in [0, 0.1) is 6.92 Å². The second kappa shape index (κ2) is 8.23. The van der Waals surface area contributed by atoms with Crippen LogP contribution in [0.15, 0.2) is 24.3 Å². The van der Waals surface area contributed by atoms with Gasteiger partial charge >= 0.3 is 5.97 Å². The fourth-order valence-corrected chi connectivity index (χ4v) is 3.24. The van der Waals surface area contributed by atoms with Gasteiger partial charge in [0.2, 0.25) is 0 Å². The summed E-state index contributed by atoms with van der Waals surface area (Å²) in [4.78, 5) is 29.8. The van der Waals surface area contributed by atoms with Crippen LogP contribution in [0.2, 0.25) is 5.02 Å². The normalized spacial score (nSPS) is 10.6. The minimum Gasteiger partial charge on any atom is -0.480 e. The number of carboxylic acid groups (broad SMARTS) is 1. The van der Waals surface area contributed by atoms with Gasteiger partial charge in [0.25, 0.3) is 5.91 Å². The summed E-state index contributed by atoms with van der Waals surface area (Å²) >= 11 is 7.12. The number of hydrogen-bond donors (Lipinski definition) is 1. The quantitative estimate of drug-likeness (QED) is 0.812. The number of methoxy groups -OCH3 is 1. The molecule has 0 atom stereocenters. The van der Waals surface area contributed by atoms with E-state index in [1.165, 1.54) is 23.3 Å². The lowest BCUT2D eigenvalue weighted by molar-refractivity contribution is -0.137. The second-order valence-corrected chi connectivity index (χ2v) is 6.49. The van der Waals surface area contributed by atoms with Crippen molar-refractivity contribution in [1.82, 2.24) is 9.88 Å². The van der Waals surface area contributed by atoms with Gasteiger partial charge in [0.15, 0.2) is 0 Å². The van der Waals surface area contributed by atoms with Gasteiger partial charge in [0.05, 0.1) is 12.3 Å². The van der Waals surface area contributed by atoms with E-state index in [0.717, 1.165) is 5.56 Å². The average Bonchev–Trinajstić information content (AvgIpc) is 2.93. The van der Waals surface area contributed by atoms with Crippen LogP contribution in [-0.2, 0) is 9.53 Å². The fourth-order valence-electron chi connectivity index (χ4n) is 2.07. The van der Waals surface area contributed by atoms with Gasteiger partial charge in [-0.1, -0.05) is 23.7 Å². The van der Waals surface area contributed by atoms with E-state index < -0.39 is 5.97 Å². The van der Waals surface area contributed by atoms with Crippen molar-refractivity contribution in [2.24, 2.45) is 0 Å². The Labute approximate surface area is 148 Å². The van der Waals surface area contributed by atoms with Crippen molar-refractivity contribution in [3.8, 4) is 10.6 Å². The van der Waals surface area contributed by atoms with Crippen LogP contribution in [0.5, 0.6) is 0 Å². The molecule has 8 heteroatoms. The topological polar surface area (TPSA) is 79.7 Å². The Hall–Kier alpha value is -1.96. The van der Waals surface area contributed by atoms with Crippen molar-refractivity contribution < 1.29 is 19.4 Å². The fraction of sp³-hybridized carbons (Fsp3) is 0.312. The lowest BCUT2D eigenvalue weighted by Gasteiger charge is -2.19. The van der Waals surface area contributed by atoms with E-state index in [4.69, 9.17) is 21.4 Å². The molecule has 24 heavy (non-hydrogen) atoms. The molecule has 0 aliphatic carbocycles. The van der Waals surface area contributed by atoms with Gasteiger partial charge in [0, 0.05) is 24.2 Å². The van der Waals surface area contributed by atoms with Crippen molar-refractivity contribution in [2.45, 2.75) is 6.92 Å². The van der Waals surface area contributed by atoms with E-state index >= 15 is 0 Å². The number of aromatic nitrogens is 1. The molecule has 2 aromatic rings. The number of amides is 1. The molecule has 0 radical (unpaired) electrons. The Morgan fingerprint density at radius 2 is 2.00 bits per heavy atom. The van der Waals surface area contributed by atoms with Crippen LogP contribution in [-0.4, -0.2) is 53.7 Å². The molecule has 0 spiro atoms. The minimum atomic E-state index is -1.07. The monoisotopic (exact) mass is 368 g/mol. The number of ether oxygens (including phenoxy) is 1. The molecule has 6 nitrogen and oxygen atoms in total. The maximum atomic E-state index is 12.7. The molecule has 0 saturated carbocycles. The molecular formula is C16H17ClN2O4S. The Morgan fingerprint density at radius 1 is 1.33 bits per heavy atom. The first-order valence-corrected chi connectivity index (χ1v) is 8.35. The molecule has 0 aliphatic heterocycles. The zero-order chi connectivity index (χ0) is 17.7. The van der Waals surface area contributed by atoms with Crippen molar-refractivity contribution in [2.75, 3.05) is 26.8 Å². The lowest BCUT2D eigenvalue weighted by Crippen LogP contribution is -2.37. The Morgan fingerprint density at radius 3 is 2.58 bits per heavy atom. The maximum Gasteiger partial charge on any atom is 0.323 e.